The van der Waals surface area contributed by atoms with Crippen molar-refractivity contribution >= 4 is 29.3 Å². The number of benzene rings is 3. The molecule has 2 amide bonds. The van der Waals surface area contributed by atoms with Crippen molar-refractivity contribution in [3.05, 3.63) is 95.6 Å². The van der Waals surface area contributed by atoms with Crippen molar-refractivity contribution in [1.29, 1.82) is 0 Å². The third-order valence-electron chi connectivity index (χ3n) is 7.58. The third-order valence-corrected chi connectivity index (χ3v) is 8.63. The summed E-state index contributed by atoms with van der Waals surface area (Å²) in [5.41, 5.74) is 5.73. The lowest BCUT2D eigenvalue weighted by Crippen LogP contribution is -2.31. The molecule has 13 heteroatoms. The Hall–Kier alpha value is -4.14. The Morgan fingerprint density at radius 1 is 0.891 bits per heavy atom. The largest absolute Gasteiger partial charge is 0.392 e. The van der Waals surface area contributed by atoms with Gasteiger partial charge in [-0.1, -0.05) is 79.2 Å². The molecule has 4 aromatic rings. The lowest BCUT2D eigenvalue weighted by molar-refractivity contribution is -0.245. The first-order valence-corrected chi connectivity index (χ1v) is 16.3. The minimum atomic E-state index is -0.681. The number of nitrogens with zero attached hydrogens (tertiary/aromatic N) is 4. The number of ether oxygens (including phenoxy) is 2. The average Bonchev–Trinajstić information content (AvgIpc) is 3.58. The van der Waals surface area contributed by atoms with Crippen LogP contribution >= 0.6 is 11.8 Å². The number of aliphatic hydroxyl groups excluding tert-OH is 1. The number of aromatic nitrogens is 4. The molecule has 1 aliphatic heterocycles. The van der Waals surface area contributed by atoms with Gasteiger partial charge in [0.2, 0.25) is 17.0 Å². The van der Waals surface area contributed by atoms with Crippen molar-refractivity contribution in [1.82, 2.24) is 25.7 Å². The quantitative estimate of drug-likeness (QED) is 0.0579. The highest BCUT2D eigenvalue weighted by molar-refractivity contribution is 7.99. The lowest BCUT2D eigenvalue weighted by atomic mass is 10.0. The molecular formula is C33H38N6O6S. The summed E-state index contributed by atoms with van der Waals surface area (Å²) in [5.74, 6) is 0.0895. The maximum absolute atomic E-state index is 12.6. The molecule has 2 heterocycles. The van der Waals surface area contributed by atoms with Gasteiger partial charge in [-0.05, 0) is 58.7 Å². The Morgan fingerprint density at radius 3 is 2.39 bits per heavy atom. The van der Waals surface area contributed by atoms with Gasteiger partial charge in [0.1, 0.15) is 0 Å². The van der Waals surface area contributed by atoms with Crippen LogP contribution in [0.4, 0.5) is 5.69 Å². The molecule has 0 unspecified atom stereocenters. The number of carbonyl (C=O) groups is 2. The Morgan fingerprint density at radius 2 is 1.65 bits per heavy atom. The Labute approximate surface area is 271 Å². The number of anilines is 1. The molecule has 3 aromatic carbocycles. The molecule has 46 heavy (non-hydrogen) atoms. The number of thioether (sulfide) groups is 1. The fraction of sp³-hybridized carbons (Fsp3) is 0.364. The highest BCUT2D eigenvalue weighted by atomic mass is 32.2. The molecule has 3 atom stereocenters. The predicted molar refractivity (Wildman–Crippen MR) is 171 cm³/mol. The second-order valence-electron chi connectivity index (χ2n) is 11.0. The average molecular weight is 647 g/mol. The number of hydroxylamine groups is 1. The van der Waals surface area contributed by atoms with Crippen LogP contribution in [0.2, 0.25) is 0 Å². The fourth-order valence-corrected chi connectivity index (χ4v) is 6.07. The van der Waals surface area contributed by atoms with Gasteiger partial charge in [0, 0.05) is 36.3 Å². The van der Waals surface area contributed by atoms with Crippen LogP contribution in [0.15, 0.2) is 84.0 Å². The van der Waals surface area contributed by atoms with Crippen LogP contribution in [-0.2, 0) is 25.7 Å². The van der Waals surface area contributed by atoms with E-state index in [9.17, 15) is 14.7 Å². The van der Waals surface area contributed by atoms with Gasteiger partial charge in [-0.3, -0.25) is 14.8 Å². The molecular weight excluding hydrogens is 608 g/mol. The summed E-state index contributed by atoms with van der Waals surface area (Å²) in [5, 5.41) is 34.0. The normalized spacial score (nSPS) is 17.8. The summed E-state index contributed by atoms with van der Waals surface area (Å²) in [7, 11) is 0. The summed E-state index contributed by atoms with van der Waals surface area (Å²) in [6, 6.07) is 24.9. The number of hydrogen-bond acceptors (Lipinski definition) is 10. The topological polar surface area (TPSA) is 161 Å². The van der Waals surface area contributed by atoms with E-state index in [1.54, 1.807) is 10.2 Å². The van der Waals surface area contributed by atoms with Gasteiger partial charge in [0.25, 0.3) is 0 Å². The van der Waals surface area contributed by atoms with Crippen LogP contribution in [0.3, 0.4) is 0 Å². The Balaban J connectivity index is 1.23. The molecule has 0 bridgehead atoms. The molecule has 0 saturated carbocycles. The molecule has 1 aliphatic rings. The molecule has 1 aromatic heterocycles. The van der Waals surface area contributed by atoms with Gasteiger partial charge in [-0.15, -0.1) is 5.10 Å². The van der Waals surface area contributed by atoms with E-state index in [-0.39, 0.29) is 31.1 Å². The first kappa shape index (κ1) is 33.2. The second-order valence-corrected chi connectivity index (χ2v) is 12.0. The first-order valence-electron chi connectivity index (χ1n) is 15.3. The minimum absolute atomic E-state index is 0.0329. The number of nitrogens with one attached hydrogen (secondary N) is 2. The number of carbonyl (C=O) groups excluding carboxylic acids is 2. The Kier molecular flexibility index (Phi) is 12.3. The van der Waals surface area contributed by atoms with E-state index >= 15 is 0 Å². The Bertz CT molecular complexity index is 1550. The van der Waals surface area contributed by atoms with Gasteiger partial charge in [-0.25, -0.2) is 5.48 Å². The van der Waals surface area contributed by atoms with Crippen molar-refractivity contribution in [3.63, 3.8) is 0 Å². The lowest BCUT2D eigenvalue weighted by Gasteiger charge is -2.36. The zero-order valence-electron chi connectivity index (χ0n) is 25.3. The number of unbranched alkanes of at least 4 members (excludes halogenated alkanes) is 3. The molecule has 1 saturated heterocycles. The predicted octanol–water partition coefficient (Wildman–Crippen LogP) is 5.28. The van der Waals surface area contributed by atoms with Crippen molar-refractivity contribution in [2.75, 3.05) is 11.1 Å². The van der Waals surface area contributed by atoms with Crippen LogP contribution in [0, 0.1) is 0 Å². The van der Waals surface area contributed by atoms with Gasteiger partial charge in [-0.2, -0.15) is 4.68 Å². The van der Waals surface area contributed by atoms with E-state index in [1.165, 1.54) is 11.8 Å². The number of rotatable bonds is 15. The maximum atomic E-state index is 12.6. The van der Waals surface area contributed by atoms with E-state index < -0.39 is 12.2 Å². The molecule has 1 fully saturated rings. The zero-order chi connectivity index (χ0) is 32.1. The second kappa shape index (κ2) is 17.0. The van der Waals surface area contributed by atoms with Crippen LogP contribution in [0.1, 0.15) is 74.0 Å². The van der Waals surface area contributed by atoms with E-state index in [1.807, 2.05) is 78.9 Å². The standard InChI is InChI=1S/C33H38N6O6S/c40-21-23-15-17-24(18-16-23)29-20-28(22-46-33-35-37-38-39(33)27-11-4-3-5-12-27)44-32(45-29)25-9-8-10-26(19-25)34-30(41)13-6-1-2-7-14-31(42)36-43/h3-5,8-12,15-19,28-29,32,40,43H,1-2,6-7,13-14,20-22H2,(H,34,41)(H,36,42)/t28-,29+,32+/m0/s1. The fourth-order valence-electron chi connectivity index (χ4n) is 5.16. The number of aliphatic hydroxyl groups is 1. The summed E-state index contributed by atoms with van der Waals surface area (Å²) in [6.07, 6.45) is 3.07. The molecule has 0 spiro atoms. The van der Waals surface area contributed by atoms with Crippen molar-refractivity contribution < 1.29 is 29.4 Å². The monoisotopic (exact) mass is 646 g/mol. The molecule has 242 valence electrons. The van der Waals surface area contributed by atoms with Crippen LogP contribution in [0.5, 0.6) is 0 Å². The van der Waals surface area contributed by atoms with Crippen LogP contribution < -0.4 is 10.8 Å². The zero-order valence-corrected chi connectivity index (χ0v) is 26.1. The SMILES string of the molecule is O=C(CCCCCCC(=O)Nc1cccc([C@@H]2O[C@H](CSc3nnnn3-c3ccccc3)C[C@H](c3ccc(CO)cc3)O2)c1)NO. The first-order chi connectivity index (χ1) is 22.5. The van der Waals surface area contributed by atoms with E-state index in [4.69, 9.17) is 14.7 Å². The van der Waals surface area contributed by atoms with E-state index in [0.717, 1.165) is 35.2 Å². The molecule has 4 N–H and O–H groups in total. The minimum Gasteiger partial charge on any atom is -0.392 e. The third kappa shape index (κ3) is 9.44. The van der Waals surface area contributed by atoms with Crippen molar-refractivity contribution in [2.45, 2.75) is 75.2 Å². The summed E-state index contributed by atoms with van der Waals surface area (Å²) in [4.78, 5) is 23.8. The molecule has 12 nitrogen and oxygen atoms in total. The van der Waals surface area contributed by atoms with E-state index in [0.29, 0.717) is 42.3 Å². The van der Waals surface area contributed by atoms with Gasteiger partial charge < -0.3 is 19.9 Å². The summed E-state index contributed by atoms with van der Waals surface area (Å²) < 4.78 is 14.7. The highest BCUT2D eigenvalue weighted by Gasteiger charge is 2.33. The number of hydrogen-bond donors (Lipinski definition) is 4. The number of tetrazole rings is 1. The molecule has 0 aliphatic carbocycles. The van der Waals surface area contributed by atoms with Gasteiger partial charge >= 0.3 is 0 Å². The summed E-state index contributed by atoms with van der Waals surface area (Å²) >= 11 is 1.51. The molecule has 5 rings (SSSR count). The van der Waals surface area contributed by atoms with Gasteiger partial charge in [0.15, 0.2) is 6.29 Å². The number of amides is 2. The number of para-hydroxylation sites is 1. The molecule has 0 radical (unpaired) electrons. The smallest absolute Gasteiger partial charge is 0.243 e. The van der Waals surface area contributed by atoms with Crippen LogP contribution in [-0.4, -0.2) is 54.2 Å². The maximum Gasteiger partial charge on any atom is 0.243 e. The van der Waals surface area contributed by atoms with Crippen LogP contribution in [0.25, 0.3) is 5.69 Å². The van der Waals surface area contributed by atoms with Crippen molar-refractivity contribution in [2.24, 2.45) is 0 Å². The van der Waals surface area contributed by atoms with Gasteiger partial charge in [0.05, 0.1) is 24.5 Å². The highest BCUT2D eigenvalue weighted by Crippen LogP contribution is 2.40. The van der Waals surface area contributed by atoms with E-state index in [2.05, 4.69) is 20.8 Å². The summed E-state index contributed by atoms with van der Waals surface area (Å²) in [6.45, 7) is -0.0329. The van der Waals surface area contributed by atoms with Crippen molar-refractivity contribution in [3.8, 4) is 5.69 Å².